The Morgan fingerprint density at radius 1 is 1.38 bits per heavy atom. The fourth-order valence-electron chi connectivity index (χ4n) is 2.07. The van der Waals surface area contributed by atoms with E-state index in [4.69, 9.17) is 0 Å². The molecule has 1 aliphatic heterocycles. The van der Waals surface area contributed by atoms with Crippen LogP contribution in [-0.4, -0.2) is 30.6 Å². The summed E-state index contributed by atoms with van der Waals surface area (Å²) >= 11 is 0. The van der Waals surface area contributed by atoms with Crippen LogP contribution in [-0.2, 0) is 0 Å². The van der Waals surface area contributed by atoms with Gasteiger partial charge in [-0.25, -0.2) is 4.79 Å². The number of hydrogen-bond donors (Lipinski definition) is 1. The monoisotopic (exact) mass is 218 g/mol. The van der Waals surface area contributed by atoms with Crippen molar-refractivity contribution in [2.75, 3.05) is 19.6 Å². The van der Waals surface area contributed by atoms with Crippen molar-refractivity contribution in [1.29, 1.82) is 0 Å². The minimum absolute atomic E-state index is 0.0778. The fraction of sp³-hybridized carbons (Fsp3) is 0.462. The summed E-state index contributed by atoms with van der Waals surface area (Å²) in [5.41, 5.74) is 1.29. The number of benzene rings is 1. The van der Waals surface area contributed by atoms with Gasteiger partial charge in [0.1, 0.15) is 0 Å². The molecule has 1 aliphatic rings. The summed E-state index contributed by atoms with van der Waals surface area (Å²) in [5.74, 6) is 0.394. The Balaban J connectivity index is 1.96. The Bertz CT molecular complexity index is 350. The van der Waals surface area contributed by atoms with E-state index in [9.17, 15) is 4.79 Å². The van der Waals surface area contributed by atoms with Crippen LogP contribution in [0.15, 0.2) is 30.3 Å². The number of carbonyl (C=O) groups is 1. The van der Waals surface area contributed by atoms with Gasteiger partial charge < -0.3 is 10.2 Å². The van der Waals surface area contributed by atoms with Crippen LogP contribution in [0.3, 0.4) is 0 Å². The van der Waals surface area contributed by atoms with E-state index < -0.39 is 0 Å². The van der Waals surface area contributed by atoms with Gasteiger partial charge in [-0.1, -0.05) is 37.3 Å². The zero-order chi connectivity index (χ0) is 11.4. The first-order valence-electron chi connectivity index (χ1n) is 5.85. The third-order valence-corrected chi connectivity index (χ3v) is 3.03. The molecule has 0 radical (unpaired) electrons. The number of carbonyl (C=O) groups excluding carboxylic acids is 1. The molecule has 1 atom stereocenters. The van der Waals surface area contributed by atoms with E-state index in [0.717, 1.165) is 26.1 Å². The molecule has 1 unspecified atom stereocenters. The van der Waals surface area contributed by atoms with Crippen molar-refractivity contribution < 1.29 is 4.79 Å². The summed E-state index contributed by atoms with van der Waals surface area (Å²) in [5, 5.41) is 2.88. The second-order valence-corrected chi connectivity index (χ2v) is 4.34. The number of nitrogens with one attached hydrogen (secondary N) is 1. The number of rotatable bonds is 3. The lowest BCUT2D eigenvalue weighted by Crippen LogP contribution is -2.47. The van der Waals surface area contributed by atoms with Gasteiger partial charge in [0.05, 0.1) is 0 Å². The van der Waals surface area contributed by atoms with Crippen molar-refractivity contribution in [3.63, 3.8) is 0 Å². The molecule has 3 nitrogen and oxygen atoms in total. The zero-order valence-corrected chi connectivity index (χ0v) is 9.65. The Kier molecular flexibility index (Phi) is 3.44. The van der Waals surface area contributed by atoms with Crippen LogP contribution < -0.4 is 5.32 Å². The van der Waals surface area contributed by atoms with E-state index in [0.29, 0.717) is 5.92 Å². The van der Waals surface area contributed by atoms with Gasteiger partial charge in [0.15, 0.2) is 0 Å². The third kappa shape index (κ3) is 2.54. The van der Waals surface area contributed by atoms with E-state index >= 15 is 0 Å². The van der Waals surface area contributed by atoms with Gasteiger partial charge in [0.2, 0.25) is 0 Å². The van der Waals surface area contributed by atoms with E-state index in [2.05, 4.69) is 24.4 Å². The van der Waals surface area contributed by atoms with Gasteiger partial charge in [0, 0.05) is 19.6 Å². The van der Waals surface area contributed by atoms with Crippen molar-refractivity contribution >= 4 is 6.03 Å². The molecule has 0 bridgehead atoms. The third-order valence-electron chi connectivity index (χ3n) is 3.03. The Hall–Kier alpha value is -1.51. The molecule has 0 spiro atoms. The summed E-state index contributed by atoms with van der Waals surface area (Å²) in [6.07, 6.45) is 1.05. The molecule has 0 saturated carbocycles. The lowest BCUT2D eigenvalue weighted by atomic mass is 10.0. The highest BCUT2D eigenvalue weighted by Crippen LogP contribution is 2.16. The number of nitrogens with zero attached hydrogens (tertiary/aromatic N) is 1. The molecule has 0 aliphatic carbocycles. The maximum atomic E-state index is 11.6. The first-order valence-corrected chi connectivity index (χ1v) is 5.85. The quantitative estimate of drug-likeness (QED) is 0.828. The molecule has 86 valence electrons. The average molecular weight is 218 g/mol. The van der Waals surface area contributed by atoms with Crippen molar-refractivity contribution in [3.05, 3.63) is 35.9 Å². The summed E-state index contributed by atoms with van der Waals surface area (Å²) in [6.45, 7) is 4.66. The highest BCUT2D eigenvalue weighted by atomic mass is 16.2. The Labute approximate surface area is 96.5 Å². The SMILES string of the molecule is CC(CN1CCCNC1=O)c1ccccc1. The molecule has 1 aromatic rings. The van der Waals surface area contributed by atoms with E-state index in [-0.39, 0.29) is 6.03 Å². The zero-order valence-electron chi connectivity index (χ0n) is 9.65. The normalized spacial score (nSPS) is 18.1. The minimum atomic E-state index is 0.0778. The molecular formula is C13H18N2O. The number of amides is 2. The van der Waals surface area contributed by atoms with E-state index in [1.807, 2.05) is 23.1 Å². The molecule has 1 N–H and O–H groups in total. The van der Waals surface area contributed by atoms with Gasteiger partial charge in [-0.15, -0.1) is 0 Å². The standard InChI is InChI=1S/C13H18N2O/c1-11(12-6-3-2-4-7-12)10-15-9-5-8-14-13(15)16/h2-4,6-7,11H,5,8-10H2,1H3,(H,14,16). The molecule has 1 aromatic carbocycles. The van der Waals surface area contributed by atoms with Gasteiger partial charge in [-0.05, 0) is 17.9 Å². The van der Waals surface area contributed by atoms with Crippen LogP contribution in [0.25, 0.3) is 0 Å². The highest BCUT2D eigenvalue weighted by molar-refractivity contribution is 5.74. The molecule has 3 heteroatoms. The van der Waals surface area contributed by atoms with Crippen molar-refractivity contribution in [2.45, 2.75) is 19.3 Å². The van der Waals surface area contributed by atoms with Crippen LogP contribution in [0.5, 0.6) is 0 Å². The van der Waals surface area contributed by atoms with Crippen LogP contribution in [0, 0.1) is 0 Å². The summed E-state index contributed by atoms with van der Waals surface area (Å²) in [7, 11) is 0. The minimum Gasteiger partial charge on any atom is -0.338 e. The molecule has 1 fully saturated rings. The van der Waals surface area contributed by atoms with Crippen molar-refractivity contribution in [2.24, 2.45) is 0 Å². The summed E-state index contributed by atoms with van der Waals surface area (Å²) < 4.78 is 0. The first kappa shape index (κ1) is 11.0. The smallest absolute Gasteiger partial charge is 0.317 e. The van der Waals surface area contributed by atoms with Gasteiger partial charge >= 0.3 is 6.03 Å². The van der Waals surface area contributed by atoms with Gasteiger partial charge in [-0.2, -0.15) is 0 Å². The largest absolute Gasteiger partial charge is 0.338 e. The molecule has 2 rings (SSSR count). The number of urea groups is 1. The first-order chi connectivity index (χ1) is 7.77. The Morgan fingerprint density at radius 3 is 2.81 bits per heavy atom. The average Bonchev–Trinajstić information content (AvgIpc) is 2.33. The predicted molar refractivity (Wildman–Crippen MR) is 64.4 cm³/mol. The van der Waals surface area contributed by atoms with Gasteiger partial charge in [-0.3, -0.25) is 0 Å². The van der Waals surface area contributed by atoms with Crippen molar-refractivity contribution in [3.8, 4) is 0 Å². The number of hydrogen-bond acceptors (Lipinski definition) is 1. The van der Waals surface area contributed by atoms with Crippen molar-refractivity contribution in [1.82, 2.24) is 10.2 Å². The molecule has 0 aromatic heterocycles. The highest BCUT2D eigenvalue weighted by Gasteiger charge is 2.19. The summed E-state index contributed by atoms with van der Waals surface area (Å²) in [4.78, 5) is 13.5. The van der Waals surface area contributed by atoms with E-state index in [1.165, 1.54) is 5.56 Å². The molecular weight excluding hydrogens is 200 g/mol. The second-order valence-electron chi connectivity index (χ2n) is 4.34. The Morgan fingerprint density at radius 2 is 2.12 bits per heavy atom. The van der Waals surface area contributed by atoms with Crippen LogP contribution in [0.1, 0.15) is 24.8 Å². The lowest BCUT2D eigenvalue weighted by molar-refractivity contribution is 0.183. The van der Waals surface area contributed by atoms with E-state index in [1.54, 1.807) is 0 Å². The predicted octanol–water partition coefficient (Wildman–Crippen LogP) is 2.21. The maximum absolute atomic E-state index is 11.6. The van der Waals surface area contributed by atoms with Gasteiger partial charge in [0.25, 0.3) is 0 Å². The fourth-order valence-corrected chi connectivity index (χ4v) is 2.07. The lowest BCUT2D eigenvalue weighted by Gasteiger charge is -2.29. The summed E-state index contributed by atoms with van der Waals surface area (Å²) in [6, 6.07) is 10.4. The maximum Gasteiger partial charge on any atom is 0.317 e. The van der Waals surface area contributed by atoms with Crippen LogP contribution in [0.4, 0.5) is 4.79 Å². The molecule has 1 saturated heterocycles. The van der Waals surface area contributed by atoms with Crippen LogP contribution >= 0.6 is 0 Å². The second kappa shape index (κ2) is 5.01. The molecule has 16 heavy (non-hydrogen) atoms. The van der Waals surface area contributed by atoms with Crippen LogP contribution in [0.2, 0.25) is 0 Å². The molecule has 1 heterocycles. The topological polar surface area (TPSA) is 32.3 Å². The molecule has 2 amide bonds.